The van der Waals surface area contributed by atoms with Crippen molar-refractivity contribution in [2.75, 3.05) is 6.54 Å². The molecule has 14 heavy (non-hydrogen) atoms. The molecule has 3 nitrogen and oxygen atoms in total. The summed E-state index contributed by atoms with van der Waals surface area (Å²) >= 11 is 0. The highest BCUT2D eigenvalue weighted by molar-refractivity contribution is 5.98. The van der Waals surface area contributed by atoms with Crippen LogP contribution in [0.1, 0.15) is 16.8 Å². The monoisotopic (exact) mass is 201 g/mol. The summed E-state index contributed by atoms with van der Waals surface area (Å²) in [5.41, 5.74) is 4.46. The number of hydrogen-bond acceptors (Lipinski definition) is 3. The van der Waals surface area contributed by atoms with E-state index in [4.69, 9.17) is 10.8 Å². The van der Waals surface area contributed by atoms with Crippen LogP contribution in [-0.4, -0.2) is 17.4 Å². The van der Waals surface area contributed by atoms with Crippen molar-refractivity contribution in [2.45, 2.75) is 6.42 Å². The zero-order chi connectivity index (χ0) is 10.7. The molecule has 0 unspecified atom stereocenters. The summed E-state index contributed by atoms with van der Waals surface area (Å²) in [6.45, 7) is 0.0221. The Morgan fingerprint density at radius 1 is 1.43 bits per heavy atom. The molecule has 1 rings (SSSR count). The Morgan fingerprint density at radius 3 is 2.64 bits per heavy atom. The number of carbonyl (C=O) groups is 1. The number of nitrogens with two attached hydrogens (primary N) is 1. The van der Waals surface area contributed by atoms with Crippen molar-refractivity contribution < 1.29 is 18.7 Å². The van der Waals surface area contributed by atoms with Gasteiger partial charge in [-0.3, -0.25) is 4.79 Å². The lowest BCUT2D eigenvalue weighted by atomic mass is 10.1. The Hall–Kier alpha value is -1.49. The first kappa shape index (κ1) is 10.6. The van der Waals surface area contributed by atoms with E-state index in [9.17, 15) is 13.6 Å². The molecule has 1 aromatic rings. The van der Waals surface area contributed by atoms with Crippen molar-refractivity contribution in [1.82, 2.24) is 0 Å². The van der Waals surface area contributed by atoms with E-state index >= 15 is 0 Å². The molecule has 1 aromatic carbocycles. The largest absolute Gasteiger partial charge is 0.507 e. The third-order valence-electron chi connectivity index (χ3n) is 1.72. The lowest BCUT2D eigenvalue weighted by molar-refractivity contribution is 0.0977. The summed E-state index contributed by atoms with van der Waals surface area (Å²) in [7, 11) is 0. The fourth-order valence-electron chi connectivity index (χ4n) is 1.06. The number of rotatable bonds is 3. The Labute approximate surface area is 79.2 Å². The van der Waals surface area contributed by atoms with E-state index in [1.165, 1.54) is 0 Å². The van der Waals surface area contributed by atoms with Crippen LogP contribution in [0.2, 0.25) is 0 Å². The normalized spacial score (nSPS) is 10.2. The van der Waals surface area contributed by atoms with Crippen LogP contribution in [0.15, 0.2) is 12.1 Å². The van der Waals surface area contributed by atoms with Gasteiger partial charge in [0.05, 0.1) is 5.56 Å². The molecule has 76 valence electrons. The summed E-state index contributed by atoms with van der Waals surface area (Å²) in [5.74, 6) is -3.77. The van der Waals surface area contributed by atoms with E-state index in [0.717, 1.165) is 12.1 Å². The van der Waals surface area contributed by atoms with E-state index in [1.54, 1.807) is 0 Å². The summed E-state index contributed by atoms with van der Waals surface area (Å²) < 4.78 is 25.7. The molecule has 0 amide bonds. The van der Waals surface area contributed by atoms with Gasteiger partial charge in [-0.1, -0.05) is 0 Å². The molecule has 0 aliphatic rings. The minimum Gasteiger partial charge on any atom is -0.507 e. The second-order valence-electron chi connectivity index (χ2n) is 2.72. The first-order chi connectivity index (χ1) is 6.57. The van der Waals surface area contributed by atoms with Gasteiger partial charge in [-0.15, -0.1) is 0 Å². The van der Waals surface area contributed by atoms with Crippen LogP contribution in [0.4, 0.5) is 8.78 Å². The maximum Gasteiger partial charge on any atom is 0.173 e. The molecule has 0 aliphatic carbocycles. The van der Waals surface area contributed by atoms with Gasteiger partial charge in [0, 0.05) is 6.42 Å². The topological polar surface area (TPSA) is 63.3 Å². The quantitative estimate of drug-likeness (QED) is 0.722. The third kappa shape index (κ3) is 1.88. The molecular formula is C9H9F2NO2. The highest BCUT2D eigenvalue weighted by Crippen LogP contribution is 2.23. The van der Waals surface area contributed by atoms with Crippen molar-refractivity contribution in [1.29, 1.82) is 0 Å². The van der Waals surface area contributed by atoms with Crippen molar-refractivity contribution in [2.24, 2.45) is 5.73 Å². The summed E-state index contributed by atoms with van der Waals surface area (Å²) in [5, 5.41) is 9.14. The average molecular weight is 201 g/mol. The van der Waals surface area contributed by atoms with Gasteiger partial charge >= 0.3 is 0 Å². The molecule has 5 heteroatoms. The Balaban J connectivity index is 3.18. The van der Waals surface area contributed by atoms with E-state index < -0.39 is 28.7 Å². The van der Waals surface area contributed by atoms with Gasteiger partial charge < -0.3 is 10.8 Å². The van der Waals surface area contributed by atoms with E-state index in [1.807, 2.05) is 0 Å². The number of phenols is 1. The van der Waals surface area contributed by atoms with Crippen LogP contribution in [0.25, 0.3) is 0 Å². The number of phenolic OH excluding ortho intramolecular Hbond substituents is 1. The predicted molar refractivity (Wildman–Crippen MR) is 46.0 cm³/mol. The Kier molecular flexibility index (Phi) is 3.14. The van der Waals surface area contributed by atoms with Gasteiger partial charge in [0.25, 0.3) is 0 Å². The van der Waals surface area contributed by atoms with Gasteiger partial charge in [0.2, 0.25) is 0 Å². The average Bonchev–Trinajstić information content (AvgIpc) is 2.13. The fraction of sp³-hybridized carbons (Fsp3) is 0.222. The van der Waals surface area contributed by atoms with Crippen LogP contribution in [0, 0.1) is 11.6 Å². The molecule has 0 saturated carbocycles. The molecule has 0 saturated heterocycles. The molecule has 0 fully saturated rings. The van der Waals surface area contributed by atoms with E-state index in [2.05, 4.69) is 0 Å². The van der Waals surface area contributed by atoms with Crippen LogP contribution in [0.3, 0.4) is 0 Å². The van der Waals surface area contributed by atoms with Crippen molar-refractivity contribution in [3.8, 4) is 5.75 Å². The van der Waals surface area contributed by atoms with Gasteiger partial charge in [-0.2, -0.15) is 0 Å². The minimum absolute atomic E-state index is 0.0221. The lowest BCUT2D eigenvalue weighted by Gasteiger charge is -2.04. The van der Waals surface area contributed by atoms with Gasteiger partial charge in [0.1, 0.15) is 5.75 Å². The molecule has 0 radical (unpaired) electrons. The maximum absolute atomic E-state index is 13.0. The highest BCUT2D eigenvalue weighted by Gasteiger charge is 2.19. The number of halogens is 2. The molecule has 0 heterocycles. The summed E-state index contributed by atoms with van der Waals surface area (Å²) in [6.07, 6.45) is -0.131. The van der Waals surface area contributed by atoms with E-state index in [-0.39, 0.29) is 13.0 Å². The predicted octanol–water partition coefficient (Wildman–Crippen LogP) is 1.20. The van der Waals surface area contributed by atoms with Gasteiger partial charge in [-0.05, 0) is 18.7 Å². The third-order valence-corrected chi connectivity index (χ3v) is 1.72. The maximum atomic E-state index is 13.0. The SMILES string of the molecule is NCCC(=O)c1c(O)ccc(F)c1F. The van der Waals surface area contributed by atoms with Crippen LogP contribution >= 0.6 is 0 Å². The molecular weight excluding hydrogens is 192 g/mol. The molecule has 0 spiro atoms. The number of hydrogen-bond donors (Lipinski definition) is 2. The zero-order valence-corrected chi connectivity index (χ0v) is 7.26. The smallest absolute Gasteiger partial charge is 0.173 e. The Bertz CT molecular complexity index is 366. The van der Waals surface area contributed by atoms with Gasteiger partial charge in [0.15, 0.2) is 17.4 Å². The summed E-state index contributed by atoms with van der Waals surface area (Å²) in [6, 6.07) is 1.69. The van der Waals surface area contributed by atoms with Crippen molar-refractivity contribution in [3.05, 3.63) is 29.3 Å². The standard InChI is InChI=1S/C9H9F2NO2/c10-5-1-2-6(13)8(9(5)11)7(14)3-4-12/h1-2,13H,3-4,12H2. The second-order valence-corrected chi connectivity index (χ2v) is 2.72. The number of ketones is 1. The zero-order valence-electron chi connectivity index (χ0n) is 7.26. The minimum atomic E-state index is -1.33. The van der Waals surface area contributed by atoms with Crippen LogP contribution in [-0.2, 0) is 0 Å². The van der Waals surface area contributed by atoms with Gasteiger partial charge in [-0.25, -0.2) is 8.78 Å². The fourth-order valence-corrected chi connectivity index (χ4v) is 1.06. The first-order valence-corrected chi connectivity index (χ1v) is 3.98. The number of aromatic hydroxyl groups is 1. The molecule has 0 bridgehead atoms. The lowest BCUT2D eigenvalue weighted by Crippen LogP contribution is -2.10. The first-order valence-electron chi connectivity index (χ1n) is 3.98. The second kappa shape index (κ2) is 4.15. The Morgan fingerprint density at radius 2 is 2.07 bits per heavy atom. The molecule has 0 aromatic heterocycles. The van der Waals surface area contributed by atoms with Crippen LogP contribution in [0.5, 0.6) is 5.75 Å². The van der Waals surface area contributed by atoms with Crippen LogP contribution < -0.4 is 5.73 Å². The van der Waals surface area contributed by atoms with Crippen molar-refractivity contribution in [3.63, 3.8) is 0 Å². The number of Topliss-reactive ketones (excluding diaryl/α,β-unsaturated/α-hetero) is 1. The molecule has 3 N–H and O–H groups in total. The number of carbonyl (C=O) groups excluding carboxylic acids is 1. The van der Waals surface area contributed by atoms with Crippen molar-refractivity contribution >= 4 is 5.78 Å². The highest BCUT2D eigenvalue weighted by atomic mass is 19.2. The number of benzene rings is 1. The van der Waals surface area contributed by atoms with E-state index in [0.29, 0.717) is 0 Å². The molecule has 0 atom stereocenters. The summed E-state index contributed by atoms with van der Waals surface area (Å²) in [4.78, 5) is 11.2. The molecule has 0 aliphatic heterocycles.